The van der Waals surface area contributed by atoms with Crippen LogP contribution in [0.5, 0.6) is 0 Å². The summed E-state index contributed by atoms with van der Waals surface area (Å²) >= 11 is 0. The molecule has 1 amide bonds. The van der Waals surface area contributed by atoms with E-state index in [2.05, 4.69) is 0 Å². The lowest BCUT2D eigenvalue weighted by molar-refractivity contribution is -0.156. The number of ether oxygens (including phenoxy) is 1. The monoisotopic (exact) mass is 361 g/mol. The fourth-order valence-corrected chi connectivity index (χ4v) is 5.35. The Balaban J connectivity index is 1.97. The van der Waals surface area contributed by atoms with E-state index in [0.717, 1.165) is 6.54 Å². The number of likely N-dealkylation sites (tertiary alicyclic amines) is 1. The molecule has 0 spiro atoms. The predicted molar refractivity (Wildman–Crippen MR) is 88.4 cm³/mol. The molecule has 2 fully saturated rings. The summed E-state index contributed by atoms with van der Waals surface area (Å²) in [4.78, 5) is 27.6. The van der Waals surface area contributed by atoms with Gasteiger partial charge in [-0.3, -0.25) is 9.69 Å². The standard InChI is InChI=1S/C15H27N3O5S/c1-10(2)13(15(20)23-5)17(4)14(19)11-8-18(9-11)24(21,22)12-6-7-16(12)3/h10-13H,6-9H2,1-5H3/t12-,13?/m0/s1. The SMILES string of the molecule is COC(=O)C(C(C)C)N(C)C(=O)C1CN(S(=O)(=O)[C@H]2CCN2C)C1. The highest BCUT2D eigenvalue weighted by Gasteiger charge is 2.48. The molecule has 0 bridgehead atoms. The molecule has 2 rings (SSSR count). The van der Waals surface area contributed by atoms with Crippen LogP contribution in [0.4, 0.5) is 0 Å². The van der Waals surface area contributed by atoms with Crippen LogP contribution in [-0.4, -0.2) is 86.7 Å². The Morgan fingerprint density at radius 3 is 2.21 bits per heavy atom. The van der Waals surface area contributed by atoms with Crippen molar-refractivity contribution < 1.29 is 22.7 Å². The Kier molecular flexibility index (Phi) is 5.56. The Morgan fingerprint density at radius 2 is 1.83 bits per heavy atom. The van der Waals surface area contributed by atoms with Gasteiger partial charge in [0, 0.05) is 26.7 Å². The fourth-order valence-electron chi connectivity index (χ4n) is 3.27. The maximum Gasteiger partial charge on any atom is 0.328 e. The molecule has 0 aromatic heterocycles. The van der Waals surface area contributed by atoms with Crippen molar-refractivity contribution in [3.05, 3.63) is 0 Å². The van der Waals surface area contributed by atoms with Crippen molar-refractivity contribution in [2.45, 2.75) is 31.7 Å². The number of esters is 1. The van der Waals surface area contributed by atoms with E-state index in [9.17, 15) is 18.0 Å². The molecule has 24 heavy (non-hydrogen) atoms. The van der Waals surface area contributed by atoms with Crippen LogP contribution in [0.15, 0.2) is 0 Å². The van der Waals surface area contributed by atoms with Crippen molar-refractivity contribution in [1.82, 2.24) is 14.1 Å². The van der Waals surface area contributed by atoms with E-state index in [4.69, 9.17) is 4.74 Å². The highest BCUT2D eigenvalue weighted by molar-refractivity contribution is 7.89. The predicted octanol–water partition coefficient (Wildman–Crippen LogP) is -0.434. The van der Waals surface area contributed by atoms with Crippen LogP contribution in [0, 0.1) is 11.8 Å². The third-order valence-electron chi connectivity index (χ3n) is 4.96. The van der Waals surface area contributed by atoms with E-state index in [1.54, 1.807) is 19.0 Å². The molecule has 8 nitrogen and oxygen atoms in total. The van der Waals surface area contributed by atoms with Crippen LogP contribution in [0.25, 0.3) is 0 Å². The zero-order valence-electron chi connectivity index (χ0n) is 14.9. The van der Waals surface area contributed by atoms with Gasteiger partial charge in [-0.2, -0.15) is 4.31 Å². The zero-order chi connectivity index (χ0) is 18.2. The number of sulfonamides is 1. The average Bonchev–Trinajstić information content (AvgIpc) is 2.42. The van der Waals surface area contributed by atoms with Crippen molar-refractivity contribution in [3.63, 3.8) is 0 Å². The van der Waals surface area contributed by atoms with Gasteiger partial charge in [-0.1, -0.05) is 13.8 Å². The summed E-state index contributed by atoms with van der Waals surface area (Å²) in [6, 6.07) is -0.661. The lowest BCUT2D eigenvalue weighted by Crippen LogP contribution is -2.63. The maximum atomic E-state index is 12.6. The second kappa shape index (κ2) is 6.97. The van der Waals surface area contributed by atoms with Crippen LogP contribution < -0.4 is 0 Å². The van der Waals surface area contributed by atoms with Crippen molar-refractivity contribution in [1.29, 1.82) is 0 Å². The summed E-state index contributed by atoms with van der Waals surface area (Å²) in [7, 11) is 1.28. The van der Waals surface area contributed by atoms with Gasteiger partial charge in [-0.15, -0.1) is 0 Å². The van der Waals surface area contributed by atoms with Crippen molar-refractivity contribution in [3.8, 4) is 0 Å². The third-order valence-corrected chi connectivity index (χ3v) is 7.26. The molecule has 138 valence electrons. The summed E-state index contributed by atoms with van der Waals surface area (Å²) in [5.74, 6) is -1.16. The summed E-state index contributed by atoms with van der Waals surface area (Å²) in [5, 5.41) is -0.468. The Bertz CT molecular complexity index is 600. The number of likely N-dealkylation sites (N-methyl/N-ethyl adjacent to an activating group) is 1. The minimum Gasteiger partial charge on any atom is -0.467 e. The molecule has 2 atom stereocenters. The van der Waals surface area contributed by atoms with Crippen LogP contribution in [0.3, 0.4) is 0 Å². The van der Waals surface area contributed by atoms with Crippen LogP contribution in [-0.2, 0) is 24.3 Å². The fraction of sp³-hybridized carbons (Fsp3) is 0.867. The minimum absolute atomic E-state index is 0.0880. The van der Waals surface area contributed by atoms with E-state index >= 15 is 0 Å². The number of nitrogens with zero attached hydrogens (tertiary/aromatic N) is 3. The molecule has 9 heteroatoms. The number of hydrogen-bond acceptors (Lipinski definition) is 6. The second-order valence-corrected chi connectivity index (χ2v) is 9.03. The van der Waals surface area contributed by atoms with Crippen molar-refractivity contribution in [2.75, 3.05) is 40.8 Å². The molecule has 0 aromatic carbocycles. The smallest absolute Gasteiger partial charge is 0.328 e. The van der Waals surface area contributed by atoms with Gasteiger partial charge in [-0.05, 0) is 19.4 Å². The van der Waals surface area contributed by atoms with Gasteiger partial charge in [0.05, 0.1) is 13.0 Å². The van der Waals surface area contributed by atoms with Gasteiger partial charge in [0.1, 0.15) is 11.4 Å². The highest BCUT2D eigenvalue weighted by atomic mass is 32.2. The number of rotatable bonds is 6. The molecule has 0 saturated carbocycles. The van der Waals surface area contributed by atoms with Gasteiger partial charge < -0.3 is 9.64 Å². The van der Waals surface area contributed by atoms with E-state index in [0.29, 0.717) is 6.42 Å². The zero-order valence-corrected chi connectivity index (χ0v) is 15.7. The van der Waals surface area contributed by atoms with E-state index in [1.807, 2.05) is 13.8 Å². The van der Waals surface area contributed by atoms with Crippen molar-refractivity contribution in [2.24, 2.45) is 11.8 Å². The molecule has 0 radical (unpaired) electrons. The first-order valence-electron chi connectivity index (χ1n) is 8.15. The number of carbonyl (C=O) groups excluding carboxylic acids is 2. The van der Waals surface area contributed by atoms with E-state index in [1.165, 1.54) is 16.3 Å². The van der Waals surface area contributed by atoms with Crippen LogP contribution in [0.2, 0.25) is 0 Å². The Hall–Kier alpha value is -1.19. The molecular formula is C15H27N3O5S. The second-order valence-electron chi connectivity index (χ2n) is 6.94. The largest absolute Gasteiger partial charge is 0.467 e. The molecule has 2 aliphatic rings. The van der Waals surface area contributed by atoms with Gasteiger partial charge >= 0.3 is 5.97 Å². The molecule has 0 N–H and O–H groups in total. The first-order valence-corrected chi connectivity index (χ1v) is 9.65. The first-order chi connectivity index (χ1) is 11.1. The Labute approximate surface area is 143 Å². The number of amides is 1. The lowest BCUT2D eigenvalue weighted by Gasteiger charge is -2.46. The number of hydrogen-bond donors (Lipinski definition) is 0. The third kappa shape index (κ3) is 3.29. The van der Waals surface area contributed by atoms with Gasteiger partial charge in [0.15, 0.2) is 0 Å². The molecule has 1 unspecified atom stereocenters. The summed E-state index contributed by atoms with van der Waals surface area (Å²) in [6.07, 6.45) is 0.631. The number of methoxy groups -OCH3 is 1. The molecule has 2 aliphatic heterocycles. The topological polar surface area (TPSA) is 87.2 Å². The highest BCUT2D eigenvalue weighted by Crippen LogP contribution is 2.30. The molecule has 2 saturated heterocycles. The summed E-state index contributed by atoms with van der Waals surface area (Å²) in [6.45, 7) is 4.83. The van der Waals surface area contributed by atoms with Gasteiger partial charge in [0.2, 0.25) is 15.9 Å². The first kappa shape index (κ1) is 19.1. The molecule has 0 aliphatic carbocycles. The van der Waals surface area contributed by atoms with Crippen LogP contribution in [0.1, 0.15) is 20.3 Å². The molecule has 0 aromatic rings. The van der Waals surface area contributed by atoms with Crippen molar-refractivity contribution >= 4 is 21.9 Å². The Morgan fingerprint density at radius 1 is 1.25 bits per heavy atom. The minimum atomic E-state index is -3.37. The summed E-state index contributed by atoms with van der Waals surface area (Å²) in [5.41, 5.74) is 0. The van der Waals surface area contributed by atoms with Gasteiger partial charge in [-0.25, -0.2) is 13.2 Å². The van der Waals surface area contributed by atoms with E-state index < -0.39 is 33.3 Å². The van der Waals surface area contributed by atoms with Crippen LogP contribution >= 0.6 is 0 Å². The van der Waals surface area contributed by atoms with Gasteiger partial charge in [0.25, 0.3) is 0 Å². The summed E-state index contributed by atoms with van der Waals surface area (Å²) < 4.78 is 31.0. The van der Waals surface area contributed by atoms with E-state index in [-0.39, 0.29) is 24.9 Å². The number of carbonyl (C=O) groups is 2. The maximum absolute atomic E-state index is 12.6. The average molecular weight is 361 g/mol. The molecule has 2 heterocycles. The molecular weight excluding hydrogens is 334 g/mol. The quantitative estimate of drug-likeness (QED) is 0.597. The normalized spacial score (nSPS) is 24.2. The lowest BCUT2D eigenvalue weighted by atomic mass is 9.97.